The first-order valence-electron chi connectivity index (χ1n) is 7.16. The molecule has 0 aromatic carbocycles. The molecule has 1 aliphatic carbocycles. The van der Waals surface area contributed by atoms with E-state index in [-0.39, 0.29) is 16.9 Å². The van der Waals surface area contributed by atoms with E-state index in [1.165, 1.54) is 23.8 Å². The van der Waals surface area contributed by atoms with E-state index in [0.717, 1.165) is 12.8 Å². The lowest BCUT2D eigenvalue weighted by atomic mass is 10.3. The van der Waals surface area contributed by atoms with Crippen LogP contribution in [-0.2, 0) is 10.0 Å². The van der Waals surface area contributed by atoms with Gasteiger partial charge in [0.05, 0.1) is 12.4 Å². The molecule has 22 heavy (non-hydrogen) atoms. The van der Waals surface area contributed by atoms with Gasteiger partial charge in [0.2, 0.25) is 15.9 Å². The van der Waals surface area contributed by atoms with Crippen molar-refractivity contribution >= 4 is 15.9 Å². The van der Waals surface area contributed by atoms with E-state index in [2.05, 4.69) is 9.97 Å². The van der Waals surface area contributed by atoms with Crippen LogP contribution < -0.4 is 4.74 Å². The maximum Gasteiger partial charge on any atom is 0.272 e. The number of hydrogen-bond acceptors (Lipinski definition) is 6. The Morgan fingerprint density at radius 1 is 1.23 bits per heavy atom. The Bertz CT molecular complexity index is 666. The summed E-state index contributed by atoms with van der Waals surface area (Å²) >= 11 is 0. The van der Waals surface area contributed by atoms with Crippen LogP contribution in [0.15, 0.2) is 12.4 Å². The first-order chi connectivity index (χ1) is 10.5. The van der Waals surface area contributed by atoms with Gasteiger partial charge in [-0.05, 0) is 12.8 Å². The Morgan fingerprint density at radius 3 is 2.50 bits per heavy atom. The highest BCUT2D eigenvalue weighted by Crippen LogP contribution is 2.31. The molecule has 2 fully saturated rings. The second kappa shape index (κ2) is 5.81. The van der Waals surface area contributed by atoms with Crippen molar-refractivity contribution < 1.29 is 17.9 Å². The van der Waals surface area contributed by atoms with E-state index < -0.39 is 10.0 Å². The van der Waals surface area contributed by atoms with Crippen LogP contribution in [0.2, 0.25) is 0 Å². The number of sulfonamides is 1. The van der Waals surface area contributed by atoms with Gasteiger partial charge in [0.25, 0.3) is 5.91 Å². The van der Waals surface area contributed by atoms with Gasteiger partial charge in [0.15, 0.2) is 0 Å². The maximum atomic E-state index is 12.4. The normalized spacial score (nSPS) is 20.0. The third-order valence-corrected chi connectivity index (χ3v) is 6.30. The Kier molecular flexibility index (Phi) is 4.00. The van der Waals surface area contributed by atoms with Gasteiger partial charge in [-0.1, -0.05) is 0 Å². The van der Waals surface area contributed by atoms with Crippen molar-refractivity contribution in [3.63, 3.8) is 0 Å². The number of methoxy groups -OCH3 is 1. The van der Waals surface area contributed by atoms with Gasteiger partial charge in [-0.2, -0.15) is 4.31 Å². The van der Waals surface area contributed by atoms with Crippen LogP contribution >= 0.6 is 0 Å². The molecule has 1 saturated heterocycles. The fourth-order valence-corrected chi connectivity index (χ4v) is 4.28. The predicted molar refractivity (Wildman–Crippen MR) is 78.0 cm³/mol. The molecule has 1 aromatic rings. The predicted octanol–water partition coefficient (Wildman–Crippen LogP) is -0.265. The van der Waals surface area contributed by atoms with Crippen LogP contribution in [0.5, 0.6) is 5.88 Å². The van der Waals surface area contributed by atoms with Crippen LogP contribution in [0, 0.1) is 0 Å². The first-order valence-corrected chi connectivity index (χ1v) is 8.67. The molecule has 8 nitrogen and oxygen atoms in total. The number of ether oxygens (including phenoxy) is 1. The molecule has 3 rings (SSSR count). The summed E-state index contributed by atoms with van der Waals surface area (Å²) in [6.45, 7) is 1.42. The summed E-state index contributed by atoms with van der Waals surface area (Å²) in [7, 11) is -1.69. The number of rotatable bonds is 4. The standard InChI is InChI=1S/C13H18N4O4S/c1-21-12-8-11(14-9-15-12)13(18)16-4-6-17(7-5-16)22(19,20)10-2-3-10/h8-10H,2-7H2,1H3. The third kappa shape index (κ3) is 2.91. The molecule has 0 bridgehead atoms. The van der Waals surface area contributed by atoms with E-state index in [1.54, 1.807) is 4.90 Å². The van der Waals surface area contributed by atoms with Crippen molar-refractivity contribution in [3.8, 4) is 5.88 Å². The fourth-order valence-electron chi connectivity index (χ4n) is 2.45. The lowest BCUT2D eigenvalue weighted by Gasteiger charge is -2.33. The molecule has 1 saturated carbocycles. The molecule has 0 atom stereocenters. The molecule has 1 amide bonds. The number of hydrogen-bond donors (Lipinski definition) is 0. The Labute approximate surface area is 129 Å². The molecular weight excluding hydrogens is 308 g/mol. The summed E-state index contributed by atoms with van der Waals surface area (Å²) in [5.41, 5.74) is 0.255. The van der Waals surface area contributed by atoms with Crippen molar-refractivity contribution in [1.29, 1.82) is 0 Å². The number of nitrogens with zero attached hydrogens (tertiary/aromatic N) is 4. The number of piperazine rings is 1. The third-order valence-electron chi connectivity index (χ3n) is 3.90. The number of amides is 1. The molecule has 0 unspecified atom stereocenters. The van der Waals surface area contributed by atoms with Crippen LogP contribution in [-0.4, -0.2) is 72.0 Å². The van der Waals surface area contributed by atoms with E-state index in [4.69, 9.17) is 4.74 Å². The number of aromatic nitrogens is 2. The quantitative estimate of drug-likeness (QED) is 0.756. The van der Waals surface area contributed by atoms with Crippen LogP contribution in [0.3, 0.4) is 0 Å². The molecule has 9 heteroatoms. The summed E-state index contributed by atoms with van der Waals surface area (Å²) in [6.07, 6.45) is 2.78. The van der Waals surface area contributed by atoms with E-state index in [9.17, 15) is 13.2 Å². The molecule has 2 heterocycles. The van der Waals surface area contributed by atoms with Crippen molar-refractivity contribution in [2.75, 3.05) is 33.3 Å². The highest BCUT2D eigenvalue weighted by atomic mass is 32.2. The summed E-state index contributed by atoms with van der Waals surface area (Å²) in [6, 6.07) is 1.48. The second-order valence-corrected chi connectivity index (χ2v) is 7.59. The average molecular weight is 326 g/mol. The van der Waals surface area contributed by atoms with Gasteiger partial charge in [-0.3, -0.25) is 4.79 Å². The topological polar surface area (TPSA) is 92.7 Å². The van der Waals surface area contributed by atoms with Crippen molar-refractivity contribution in [3.05, 3.63) is 18.1 Å². The maximum absolute atomic E-state index is 12.4. The summed E-state index contributed by atoms with van der Waals surface area (Å²) in [5, 5.41) is -0.208. The van der Waals surface area contributed by atoms with Crippen molar-refractivity contribution in [2.45, 2.75) is 18.1 Å². The number of carbonyl (C=O) groups excluding carboxylic acids is 1. The smallest absolute Gasteiger partial charge is 0.272 e. The first kappa shape index (κ1) is 15.2. The van der Waals surface area contributed by atoms with E-state index in [1.807, 2.05) is 0 Å². The minimum Gasteiger partial charge on any atom is -0.481 e. The highest BCUT2D eigenvalue weighted by molar-refractivity contribution is 7.90. The summed E-state index contributed by atoms with van der Waals surface area (Å²) < 4.78 is 30.8. The van der Waals surface area contributed by atoms with Gasteiger partial charge >= 0.3 is 0 Å². The molecule has 0 radical (unpaired) electrons. The molecule has 0 N–H and O–H groups in total. The molecule has 1 aliphatic heterocycles. The van der Waals surface area contributed by atoms with Gasteiger partial charge < -0.3 is 9.64 Å². The molecular formula is C13H18N4O4S. The molecule has 120 valence electrons. The summed E-state index contributed by atoms with van der Waals surface area (Å²) in [5.74, 6) is 0.0949. The lowest BCUT2D eigenvalue weighted by molar-refractivity contribution is 0.0691. The van der Waals surface area contributed by atoms with Crippen molar-refractivity contribution in [1.82, 2.24) is 19.2 Å². The Hall–Kier alpha value is -1.74. The summed E-state index contributed by atoms with van der Waals surface area (Å²) in [4.78, 5) is 21.8. The molecule has 1 aromatic heterocycles. The Morgan fingerprint density at radius 2 is 1.91 bits per heavy atom. The van der Waals surface area contributed by atoms with Gasteiger partial charge in [0, 0.05) is 32.2 Å². The average Bonchev–Trinajstić information content (AvgIpc) is 3.40. The zero-order valence-corrected chi connectivity index (χ0v) is 13.1. The van der Waals surface area contributed by atoms with Crippen molar-refractivity contribution in [2.24, 2.45) is 0 Å². The van der Waals surface area contributed by atoms with E-state index in [0.29, 0.717) is 32.1 Å². The Balaban J connectivity index is 1.64. The minimum atomic E-state index is -3.16. The van der Waals surface area contributed by atoms with E-state index >= 15 is 0 Å². The lowest BCUT2D eigenvalue weighted by Crippen LogP contribution is -2.51. The minimum absolute atomic E-state index is 0.208. The molecule has 0 spiro atoms. The van der Waals surface area contributed by atoms with Crippen LogP contribution in [0.4, 0.5) is 0 Å². The highest BCUT2D eigenvalue weighted by Gasteiger charge is 2.41. The second-order valence-electron chi connectivity index (χ2n) is 5.38. The zero-order chi connectivity index (χ0) is 15.7. The van der Waals surface area contributed by atoms with Gasteiger partial charge in [-0.25, -0.2) is 18.4 Å². The van der Waals surface area contributed by atoms with Gasteiger partial charge in [0.1, 0.15) is 12.0 Å². The number of carbonyl (C=O) groups is 1. The monoisotopic (exact) mass is 326 g/mol. The van der Waals surface area contributed by atoms with Gasteiger partial charge in [-0.15, -0.1) is 0 Å². The van der Waals surface area contributed by atoms with Crippen LogP contribution in [0.1, 0.15) is 23.3 Å². The fraction of sp³-hybridized carbons (Fsp3) is 0.615. The molecule has 2 aliphatic rings. The zero-order valence-electron chi connectivity index (χ0n) is 12.3. The SMILES string of the molecule is COc1cc(C(=O)N2CCN(S(=O)(=O)C3CC3)CC2)ncn1. The van der Waals surface area contributed by atoms with Crippen LogP contribution in [0.25, 0.3) is 0 Å². The largest absolute Gasteiger partial charge is 0.481 e.